The number of rotatable bonds is 5. The van der Waals surface area contributed by atoms with E-state index in [1.807, 2.05) is 11.4 Å². The minimum Gasteiger partial charge on any atom is -0.394 e. The highest BCUT2D eigenvalue weighted by Gasteiger charge is 2.11. The summed E-state index contributed by atoms with van der Waals surface area (Å²) in [6.45, 7) is -0.257. The Morgan fingerprint density at radius 3 is 3.06 bits per heavy atom. The number of aliphatic hydroxyl groups excluding tert-OH is 2. The van der Waals surface area contributed by atoms with Crippen molar-refractivity contribution >= 4 is 39.3 Å². The number of hydrogen-bond acceptors (Lipinski definition) is 8. The van der Waals surface area contributed by atoms with Gasteiger partial charge in [0.25, 0.3) is 0 Å². The van der Waals surface area contributed by atoms with Gasteiger partial charge in [-0.3, -0.25) is 5.43 Å². The lowest BCUT2D eigenvalue weighted by Crippen LogP contribution is -2.15. The highest BCUT2D eigenvalue weighted by Crippen LogP contribution is 2.29. The van der Waals surface area contributed by atoms with Gasteiger partial charge in [0.2, 0.25) is 5.95 Å². The third-order valence-corrected chi connectivity index (χ3v) is 3.99. The van der Waals surface area contributed by atoms with Crippen molar-refractivity contribution in [1.29, 1.82) is 0 Å². The number of anilines is 1. The molecule has 5 N–H and O–H groups in total. The number of thiophene rings is 1. The Morgan fingerprint density at radius 1 is 1.53 bits per heavy atom. The lowest BCUT2D eigenvalue weighted by atomic mass is 10.4. The highest BCUT2D eigenvalue weighted by atomic mass is 32.2. The van der Waals surface area contributed by atoms with Crippen molar-refractivity contribution in [3.05, 3.63) is 11.4 Å². The first-order valence-corrected chi connectivity index (χ1v) is 6.74. The molecule has 0 radical (unpaired) electrons. The summed E-state index contributed by atoms with van der Waals surface area (Å²) >= 11 is 2.87. The van der Waals surface area contributed by atoms with Crippen LogP contribution in [0.4, 0.5) is 5.95 Å². The maximum absolute atomic E-state index is 9.32. The van der Waals surface area contributed by atoms with Crippen molar-refractivity contribution < 1.29 is 10.2 Å². The standard InChI is InChI=1S/C9H12N4O2S2/c10-13-9-11-7-6(1-2-16-7)8(12-9)17-4-5(15)3-14/h1-2,5,14-15H,3-4,10H2,(H,11,12,13). The van der Waals surface area contributed by atoms with Crippen LogP contribution in [0, 0.1) is 0 Å². The maximum Gasteiger partial charge on any atom is 0.239 e. The molecule has 0 spiro atoms. The Labute approximate surface area is 106 Å². The molecule has 1 atom stereocenters. The van der Waals surface area contributed by atoms with Gasteiger partial charge >= 0.3 is 0 Å². The van der Waals surface area contributed by atoms with Gasteiger partial charge in [-0.25, -0.2) is 15.8 Å². The monoisotopic (exact) mass is 272 g/mol. The molecule has 92 valence electrons. The summed E-state index contributed by atoms with van der Waals surface area (Å²) in [7, 11) is 0. The Morgan fingerprint density at radius 2 is 2.35 bits per heavy atom. The van der Waals surface area contributed by atoms with E-state index in [4.69, 9.17) is 10.9 Å². The van der Waals surface area contributed by atoms with E-state index in [-0.39, 0.29) is 6.61 Å². The van der Waals surface area contributed by atoms with Gasteiger partial charge in [-0.1, -0.05) is 0 Å². The van der Waals surface area contributed by atoms with Gasteiger partial charge in [-0.05, 0) is 11.4 Å². The zero-order chi connectivity index (χ0) is 12.3. The molecule has 2 heterocycles. The van der Waals surface area contributed by atoms with Crippen LogP contribution in [-0.2, 0) is 0 Å². The number of nitrogens with one attached hydrogen (secondary N) is 1. The van der Waals surface area contributed by atoms with Crippen LogP contribution in [0.25, 0.3) is 10.2 Å². The zero-order valence-corrected chi connectivity index (χ0v) is 10.5. The van der Waals surface area contributed by atoms with Crippen molar-refractivity contribution in [2.45, 2.75) is 11.1 Å². The molecular formula is C9H12N4O2S2. The number of nitrogens with two attached hydrogens (primary N) is 1. The predicted octanol–water partition coefficient (Wildman–Crippen LogP) is 0.422. The van der Waals surface area contributed by atoms with E-state index in [9.17, 15) is 5.11 Å². The quantitative estimate of drug-likeness (QED) is 0.271. The third-order valence-electron chi connectivity index (χ3n) is 2.04. The number of nitrogens with zero attached hydrogens (tertiary/aromatic N) is 2. The van der Waals surface area contributed by atoms with E-state index in [1.165, 1.54) is 23.1 Å². The molecule has 1 unspecified atom stereocenters. The van der Waals surface area contributed by atoms with Crippen LogP contribution in [0.3, 0.4) is 0 Å². The van der Waals surface area contributed by atoms with Crippen molar-refractivity contribution in [1.82, 2.24) is 9.97 Å². The molecule has 2 aromatic rings. The van der Waals surface area contributed by atoms with Gasteiger partial charge in [0.1, 0.15) is 9.86 Å². The maximum atomic E-state index is 9.32. The molecule has 0 aliphatic rings. The fourth-order valence-electron chi connectivity index (χ4n) is 1.23. The molecule has 8 heteroatoms. The molecule has 2 rings (SSSR count). The van der Waals surface area contributed by atoms with E-state index >= 15 is 0 Å². The van der Waals surface area contributed by atoms with Crippen molar-refractivity contribution in [3.8, 4) is 0 Å². The van der Waals surface area contributed by atoms with Crippen LogP contribution in [0.2, 0.25) is 0 Å². The molecule has 0 fully saturated rings. The average molecular weight is 272 g/mol. The van der Waals surface area contributed by atoms with Crippen molar-refractivity contribution in [2.24, 2.45) is 5.84 Å². The van der Waals surface area contributed by atoms with Crippen molar-refractivity contribution in [2.75, 3.05) is 17.8 Å². The summed E-state index contributed by atoms with van der Waals surface area (Å²) in [6, 6.07) is 1.92. The Bertz CT molecular complexity index is 505. The van der Waals surface area contributed by atoms with Gasteiger partial charge in [0.15, 0.2) is 0 Å². The summed E-state index contributed by atoms with van der Waals surface area (Å²) in [6.07, 6.45) is -0.752. The predicted molar refractivity (Wildman–Crippen MR) is 69.0 cm³/mol. The smallest absolute Gasteiger partial charge is 0.239 e. The summed E-state index contributed by atoms with van der Waals surface area (Å²) in [5.74, 6) is 6.02. The van der Waals surface area contributed by atoms with E-state index in [2.05, 4.69) is 15.4 Å². The van der Waals surface area contributed by atoms with Crippen LogP contribution < -0.4 is 11.3 Å². The first kappa shape index (κ1) is 12.5. The number of hydrazine groups is 1. The van der Waals surface area contributed by atoms with Crippen LogP contribution in [0.15, 0.2) is 16.5 Å². The molecular weight excluding hydrogens is 260 g/mol. The molecule has 2 aromatic heterocycles. The minimum absolute atomic E-state index is 0.257. The van der Waals surface area contributed by atoms with Gasteiger partial charge < -0.3 is 10.2 Å². The summed E-state index contributed by atoms with van der Waals surface area (Å²) in [5.41, 5.74) is 2.41. The van der Waals surface area contributed by atoms with Gasteiger partial charge in [-0.15, -0.1) is 23.1 Å². The van der Waals surface area contributed by atoms with E-state index < -0.39 is 6.10 Å². The van der Waals surface area contributed by atoms with Crippen LogP contribution in [0.5, 0.6) is 0 Å². The van der Waals surface area contributed by atoms with Gasteiger partial charge in [-0.2, -0.15) is 0 Å². The SMILES string of the molecule is NNc1nc(SCC(O)CO)c2ccsc2n1. The second kappa shape index (κ2) is 5.61. The topological polar surface area (TPSA) is 104 Å². The third kappa shape index (κ3) is 2.85. The van der Waals surface area contributed by atoms with Crippen LogP contribution in [0.1, 0.15) is 0 Å². The number of thioether (sulfide) groups is 1. The zero-order valence-electron chi connectivity index (χ0n) is 8.83. The van der Waals surface area contributed by atoms with Gasteiger partial charge in [0, 0.05) is 11.1 Å². The lowest BCUT2D eigenvalue weighted by Gasteiger charge is -2.07. The molecule has 6 nitrogen and oxygen atoms in total. The number of aromatic nitrogens is 2. The number of fused-ring (bicyclic) bond motifs is 1. The second-order valence-corrected chi connectivity index (χ2v) is 5.19. The first-order chi connectivity index (χ1) is 8.24. The number of hydrogen-bond donors (Lipinski definition) is 4. The molecule has 0 saturated heterocycles. The van der Waals surface area contributed by atoms with E-state index in [1.54, 1.807) is 0 Å². The first-order valence-electron chi connectivity index (χ1n) is 4.88. The van der Waals surface area contributed by atoms with E-state index in [0.717, 1.165) is 15.2 Å². The molecule has 0 aromatic carbocycles. The molecule has 0 aliphatic heterocycles. The fraction of sp³-hybridized carbons (Fsp3) is 0.333. The molecule has 0 amide bonds. The second-order valence-electron chi connectivity index (χ2n) is 3.28. The molecule has 0 aliphatic carbocycles. The Balaban J connectivity index is 2.27. The Hall–Kier alpha value is -0.930. The summed E-state index contributed by atoms with van der Waals surface area (Å²) in [5, 5.41) is 21.7. The molecule has 0 bridgehead atoms. The largest absolute Gasteiger partial charge is 0.394 e. The molecule has 17 heavy (non-hydrogen) atoms. The van der Waals surface area contributed by atoms with Crippen LogP contribution >= 0.6 is 23.1 Å². The number of aliphatic hydroxyl groups is 2. The number of nitrogen functional groups attached to an aromatic ring is 1. The minimum atomic E-state index is -0.752. The highest BCUT2D eigenvalue weighted by molar-refractivity contribution is 7.99. The fourth-order valence-corrected chi connectivity index (χ4v) is 2.99. The van der Waals surface area contributed by atoms with Crippen LogP contribution in [-0.4, -0.2) is 38.6 Å². The molecule has 0 saturated carbocycles. The Kier molecular flexibility index (Phi) is 4.13. The van der Waals surface area contributed by atoms with E-state index in [0.29, 0.717) is 11.7 Å². The van der Waals surface area contributed by atoms with Crippen molar-refractivity contribution in [3.63, 3.8) is 0 Å². The summed E-state index contributed by atoms with van der Waals surface area (Å²) in [4.78, 5) is 9.28. The normalized spacial score (nSPS) is 12.9. The van der Waals surface area contributed by atoms with Gasteiger partial charge in [0.05, 0.1) is 12.7 Å². The lowest BCUT2D eigenvalue weighted by molar-refractivity contribution is 0.113. The average Bonchev–Trinajstić information content (AvgIpc) is 2.83. The summed E-state index contributed by atoms with van der Waals surface area (Å²) < 4.78 is 0.